The molecule has 5 rings (SSSR count). The highest BCUT2D eigenvalue weighted by Gasteiger charge is 2.44. The van der Waals surface area contributed by atoms with Crippen LogP contribution in [0.4, 0.5) is 4.79 Å². The number of ketones is 1. The summed E-state index contributed by atoms with van der Waals surface area (Å²) < 4.78 is 5.99. The number of carbonyl (C=O) groups is 2. The molecule has 2 atom stereocenters. The van der Waals surface area contributed by atoms with E-state index < -0.39 is 0 Å². The molecule has 2 unspecified atom stereocenters. The Bertz CT molecular complexity index is 1050. The molecule has 2 bridgehead atoms. The van der Waals surface area contributed by atoms with Crippen molar-refractivity contribution in [3.8, 4) is 11.1 Å². The van der Waals surface area contributed by atoms with Gasteiger partial charge in [0.15, 0.2) is 5.78 Å². The van der Waals surface area contributed by atoms with Crippen molar-refractivity contribution in [2.75, 3.05) is 6.61 Å². The summed E-state index contributed by atoms with van der Waals surface area (Å²) >= 11 is 0. The lowest BCUT2D eigenvalue weighted by Gasteiger charge is -2.47. The third kappa shape index (κ3) is 3.90. The van der Waals surface area contributed by atoms with Crippen LogP contribution in [0, 0.1) is 5.92 Å². The first-order valence-corrected chi connectivity index (χ1v) is 12.3. The molecule has 0 aromatic heterocycles. The van der Waals surface area contributed by atoms with Gasteiger partial charge in [0.1, 0.15) is 6.61 Å². The topological polar surface area (TPSA) is 46.6 Å². The quantitative estimate of drug-likeness (QED) is 0.507. The van der Waals surface area contributed by atoms with Crippen molar-refractivity contribution < 1.29 is 14.3 Å². The van der Waals surface area contributed by atoms with Crippen LogP contribution in [0.5, 0.6) is 0 Å². The monoisotopic (exact) mass is 443 g/mol. The van der Waals surface area contributed by atoms with Crippen LogP contribution >= 0.6 is 0 Å². The number of nitrogens with zero attached hydrogens (tertiary/aromatic N) is 1. The van der Waals surface area contributed by atoms with Gasteiger partial charge in [-0.05, 0) is 80.7 Å². The van der Waals surface area contributed by atoms with Crippen molar-refractivity contribution in [3.63, 3.8) is 0 Å². The second-order valence-electron chi connectivity index (χ2n) is 10.1. The molecule has 4 heteroatoms. The molecular formula is C29H33NO3. The summed E-state index contributed by atoms with van der Waals surface area (Å²) in [6, 6.07) is 17.0. The smallest absolute Gasteiger partial charge is 0.410 e. The summed E-state index contributed by atoms with van der Waals surface area (Å²) in [5, 5.41) is 0. The molecule has 2 saturated heterocycles. The summed E-state index contributed by atoms with van der Waals surface area (Å²) in [7, 11) is 0. The number of Topliss-reactive ketones (excluding diaryl/α,β-unsaturated/α-hetero) is 1. The van der Waals surface area contributed by atoms with Crippen LogP contribution in [0.1, 0.15) is 69.9 Å². The maximum absolute atomic E-state index is 13.3. The first kappa shape index (κ1) is 21.9. The van der Waals surface area contributed by atoms with Gasteiger partial charge in [-0.15, -0.1) is 0 Å². The molecule has 3 aliphatic rings. The molecule has 172 valence electrons. The molecule has 33 heavy (non-hydrogen) atoms. The number of hydrogen-bond donors (Lipinski definition) is 0. The molecule has 0 spiro atoms. The fourth-order valence-corrected chi connectivity index (χ4v) is 6.11. The predicted octanol–water partition coefficient (Wildman–Crippen LogP) is 6.49. The van der Waals surface area contributed by atoms with E-state index in [4.69, 9.17) is 4.74 Å². The maximum atomic E-state index is 13.3. The molecule has 2 fully saturated rings. The second-order valence-corrected chi connectivity index (χ2v) is 10.1. The molecule has 4 nitrogen and oxygen atoms in total. The van der Waals surface area contributed by atoms with Gasteiger partial charge in [0.05, 0.1) is 0 Å². The average Bonchev–Trinajstić information content (AvgIpc) is 3.14. The van der Waals surface area contributed by atoms with Crippen LogP contribution in [0.25, 0.3) is 11.1 Å². The van der Waals surface area contributed by atoms with Gasteiger partial charge < -0.3 is 9.64 Å². The van der Waals surface area contributed by atoms with Gasteiger partial charge in [-0.2, -0.15) is 0 Å². The SMILES string of the molecule is CC(C)=C(C)C(=O)C1CC2CCCC(C1)N2C(=O)OCC1c2ccccc2-c2ccccc21. The number of piperidine rings is 2. The molecule has 2 aromatic rings. The van der Waals surface area contributed by atoms with Crippen LogP contribution in [0.3, 0.4) is 0 Å². The third-order valence-corrected chi connectivity index (χ3v) is 8.01. The Morgan fingerprint density at radius 3 is 1.97 bits per heavy atom. The van der Waals surface area contributed by atoms with Gasteiger partial charge in [-0.1, -0.05) is 54.1 Å². The van der Waals surface area contributed by atoms with Gasteiger partial charge in [0, 0.05) is 23.9 Å². The standard InChI is InChI=1S/C29H33NO3/c1-18(2)19(3)28(31)20-15-21-9-8-10-22(16-20)30(21)29(32)33-17-27-25-13-6-4-11-23(25)24-12-5-7-14-26(24)27/h4-7,11-14,20-22,27H,8-10,15-17H2,1-3H3. The predicted molar refractivity (Wildman–Crippen MR) is 130 cm³/mol. The minimum absolute atomic E-state index is 0.0211. The number of fused-ring (bicyclic) bond motifs is 5. The molecule has 2 aliphatic heterocycles. The molecule has 0 saturated carbocycles. The van der Waals surface area contributed by atoms with E-state index in [0.717, 1.165) is 43.3 Å². The first-order chi connectivity index (χ1) is 16.0. The Hall–Kier alpha value is -2.88. The molecule has 2 heterocycles. The summed E-state index contributed by atoms with van der Waals surface area (Å²) in [5.41, 5.74) is 6.90. The highest BCUT2D eigenvalue weighted by molar-refractivity contribution is 5.97. The Balaban J connectivity index is 1.30. The lowest BCUT2D eigenvalue weighted by Crippen LogP contribution is -2.56. The van der Waals surface area contributed by atoms with Crippen molar-refractivity contribution in [1.82, 2.24) is 4.90 Å². The minimum Gasteiger partial charge on any atom is -0.448 e. The zero-order valence-corrected chi connectivity index (χ0v) is 19.8. The fraction of sp³-hybridized carbons (Fsp3) is 0.448. The number of hydrogen-bond acceptors (Lipinski definition) is 3. The van der Waals surface area contributed by atoms with E-state index >= 15 is 0 Å². The minimum atomic E-state index is -0.212. The van der Waals surface area contributed by atoms with Crippen LogP contribution in [0.2, 0.25) is 0 Å². The Morgan fingerprint density at radius 1 is 0.879 bits per heavy atom. The lowest BCUT2D eigenvalue weighted by molar-refractivity contribution is -0.122. The maximum Gasteiger partial charge on any atom is 0.410 e. The number of benzene rings is 2. The molecule has 0 N–H and O–H groups in total. The summed E-state index contributed by atoms with van der Waals surface area (Å²) in [5.74, 6) is 0.354. The average molecular weight is 444 g/mol. The van der Waals surface area contributed by atoms with Crippen LogP contribution < -0.4 is 0 Å². The molecule has 1 amide bonds. The van der Waals surface area contributed by atoms with E-state index in [0.29, 0.717) is 6.61 Å². The number of rotatable bonds is 4. The number of amides is 1. The van der Waals surface area contributed by atoms with E-state index in [2.05, 4.69) is 48.5 Å². The zero-order valence-electron chi connectivity index (χ0n) is 19.8. The van der Waals surface area contributed by atoms with Gasteiger partial charge in [-0.25, -0.2) is 4.79 Å². The Kier molecular flexibility index (Phi) is 5.86. The van der Waals surface area contributed by atoms with E-state index in [1.807, 2.05) is 25.7 Å². The van der Waals surface area contributed by atoms with E-state index in [9.17, 15) is 9.59 Å². The number of allylic oxidation sites excluding steroid dienone is 2. The molecule has 2 aromatic carbocycles. The van der Waals surface area contributed by atoms with Crippen molar-refractivity contribution >= 4 is 11.9 Å². The second kappa shape index (κ2) is 8.81. The van der Waals surface area contributed by atoms with E-state index in [-0.39, 0.29) is 35.8 Å². The zero-order chi connectivity index (χ0) is 23.1. The van der Waals surface area contributed by atoms with Gasteiger partial charge in [0.2, 0.25) is 0 Å². The van der Waals surface area contributed by atoms with Crippen molar-refractivity contribution in [2.24, 2.45) is 5.92 Å². The van der Waals surface area contributed by atoms with Gasteiger partial charge in [-0.3, -0.25) is 4.79 Å². The van der Waals surface area contributed by atoms with Crippen molar-refractivity contribution in [1.29, 1.82) is 0 Å². The Morgan fingerprint density at radius 2 is 1.42 bits per heavy atom. The first-order valence-electron chi connectivity index (χ1n) is 12.3. The van der Waals surface area contributed by atoms with E-state index in [1.165, 1.54) is 22.3 Å². The highest BCUT2D eigenvalue weighted by atomic mass is 16.6. The normalized spacial score (nSPS) is 23.5. The lowest BCUT2D eigenvalue weighted by atomic mass is 9.75. The summed E-state index contributed by atoms with van der Waals surface area (Å²) in [4.78, 5) is 28.3. The highest BCUT2D eigenvalue weighted by Crippen LogP contribution is 2.45. The van der Waals surface area contributed by atoms with Crippen LogP contribution in [-0.2, 0) is 9.53 Å². The summed E-state index contributed by atoms with van der Waals surface area (Å²) in [6.45, 7) is 6.28. The van der Waals surface area contributed by atoms with Gasteiger partial charge >= 0.3 is 6.09 Å². The van der Waals surface area contributed by atoms with Crippen LogP contribution in [-0.4, -0.2) is 35.5 Å². The van der Waals surface area contributed by atoms with Crippen molar-refractivity contribution in [3.05, 3.63) is 70.8 Å². The molecule has 0 radical (unpaired) electrons. The van der Waals surface area contributed by atoms with E-state index in [1.54, 1.807) is 0 Å². The van der Waals surface area contributed by atoms with Crippen LogP contribution in [0.15, 0.2) is 59.7 Å². The summed E-state index contributed by atoms with van der Waals surface area (Å²) in [6.07, 6.45) is 4.33. The largest absolute Gasteiger partial charge is 0.448 e. The number of ether oxygens (including phenoxy) is 1. The molecular weight excluding hydrogens is 410 g/mol. The number of carbonyl (C=O) groups excluding carboxylic acids is 2. The third-order valence-electron chi connectivity index (χ3n) is 8.01. The molecule has 1 aliphatic carbocycles. The van der Waals surface area contributed by atoms with Gasteiger partial charge in [0.25, 0.3) is 0 Å². The fourth-order valence-electron chi connectivity index (χ4n) is 6.11. The Labute approximate surface area is 196 Å². The van der Waals surface area contributed by atoms with Crippen molar-refractivity contribution in [2.45, 2.75) is 70.9 Å².